The summed E-state index contributed by atoms with van der Waals surface area (Å²) in [4.78, 5) is 25.0. The number of hydrogen-bond donors (Lipinski definition) is 2. The second kappa shape index (κ2) is 6.69. The topological polar surface area (TPSA) is 84.7 Å². The van der Waals surface area contributed by atoms with E-state index in [4.69, 9.17) is 10.5 Å². The van der Waals surface area contributed by atoms with Gasteiger partial charge in [0.15, 0.2) is 0 Å². The Morgan fingerprint density at radius 2 is 2.19 bits per heavy atom. The van der Waals surface area contributed by atoms with Crippen LogP contribution in [0.15, 0.2) is 24.3 Å². The van der Waals surface area contributed by atoms with Crippen molar-refractivity contribution in [1.29, 1.82) is 0 Å². The van der Waals surface area contributed by atoms with E-state index in [-0.39, 0.29) is 23.8 Å². The van der Waals surface area contributed by atoms with Crippen LogP contribution in [0.1, 0.15) is 12.5 Å². The number of carbonyl (C=O) groups excluding carboxylic acids is 2. The Labute approximate surface area is 124 Å². The molecule has 0 radical (unpaired) electrons. The number of nitrogens with two attached hydrogens (primary N) is 1. The van der Waals surface area contributed by atoms with E-state index in [1.54, 1.807) is 11.9 Å². The van der Waals surface area contributed by atoms with Crippen LogP contribution in [0, 0.1) is 5.92 Å². The number of anilines is 1. The third-order valence-electron chi connectivity index (χ3n) is 3.61. The van der Waals surface area contributed by atoms with Gasteiger partial charge in [0, 0.05) is 32.2 Å². The maximum absolute atomic E-state index is 12.1. The molecule has 1 fully saturated rings. The van der Waals surface area contributed by atoms with Gasteiger partial charge in [-0.25, -0.2) is 0 Å². The molecular weight excluding hydrogens is 270 g/mol. The molecule has 1 aromatic carbocycles. The predicted molar refractivity (Wildman–Crippen MR) is 79.5 cm³/mol. The van der Waals surface area contributed by atoms with Crippen LogP contribution in [0.3, 0.4) is 0 Å². The quantitative estimate of drug-likeness (QED) is 0.849. The summed E-state index contributed by atoms with van der Waals surface area (Å²) in [5.74, 6) is -0.441. The minimum atomic E-state index is -0.312. The van der Waals surface area contributed by atoms with Crippen molar-refractivity contribution >= 4 is 17.5 Å². The van der Waals surface area contributed by atoms with E-state index < -0.39 is 0 Å². The standard InChI is InChI=1S/C15H21N3O3/c1-10(19)18(2)7-11-4-3-5-12(6-11)17-15(20)13-8-21-9-14(13)16/h3-6,13-14H,7-9,16H2,1-2H3,(H,17,20). The lowest BCUT2D eigenvalue weighted by molar-refractivity contribution is -0.128. The van der Waals surface area contributed by atoms with Crippen LogP contribution in [0.25, 0.3) is 0 Å². The molecule has 0 bridgehead atoms. The van der Waals surface area contributed by atoms with E-state index in [9.17, 15) is 9.59 Å². The third kappa shape index (κ3) is 4.03. The highest BCUT2D eigenvalue weighted by atomic mass is 16.5. The van der Waals surface area contributed by atoms with Crippen LogP contribution in [0.5, 0.6) is 0 Å². The van der Waals surface area contributed by atoms with Crippen LogP contribution in [0.4, 0.5) is 5.69 Å². The van der Waals surface area contributed by atoms with Crippen molar-refractivity contribution in [3.05, 3.63) is 29.8 Å². The first-order valence-electron chi connectivity index (χ1n) is 6.92. The summed E-state index contributed by atoms with van der Waals surface area (Å²) < 4.78 is 5.20. The Morgan fingerprint density at radius 1 is 1.43 bits per heavy atom. The lowest BCUT2D eigenvalue weighted by Crippen LogP contribution is -2.37. The lowest BCUT2D eigenvalue weighted by atomic mass is 10.0. The average Bonchev–Trinajstić information content (AvgIpc) is 2.85. The molecule has 1 aromatic rings. The summed E-state index contributed by atoms with van der Waals surface area (Å²) >= 11 is 0. The predicted octanol–water partition coefficient (Wildman–Crippen LogP) is 0.577. The van der Waals surface area contributed by atoms with Crippen molar-refractivity contribution in [2.75, 3.05) is 25.6 Å². The number of rotatable bonds is 4. The maximum Gasteiger partial charge on any atom is 0.231 e. The third-order valence-corrected chi connectivity index (χ3v) is 3.61. The summed E-state index contributed by atoms with van der Waals surface area (Å²) in [6.45, 7) is 2.81. The SMILES string of the molecule is CC(=O)N(C)Cc1cccc(NC(=O)C2COCC2N)c1. The van der Waals surface area contributed by atoms with E-state index in [1.165, 1.54) is 6.92 Å². The van der Waals surface area contributed by atoms with E-state index in [0.717, 1.165) is 5.56 Å². The molecule has 1 saturated heterocycles. The molecule has 114 valence electrons. The van der Waals surface area contributed by atoms with Crippen LogP contribution in [-0.4, -0.2) is 43.0 Å². The molecule has 0 aromatic heterocycles. The Kier molecular flexibility index (Phi) is 4.93. The molecule has 2 rings (SSSR count). The van der Waals surface area contributed by atoms with Crippen molar-refractivity contribution in [1.82, 2.24) is 4.90 Å². The molecule has 0 spiro atoms. The van der Waals surface area contributed by atoms with E-state index in [0.29, 0.717) is 25.4 Å². The minimum absolute atomic E-state index is 0.00137. The first kappa shape index (κ1) is 15.5. The lowest BCUT2D eigenvalue weighted by Gasteiger charge is -2.16. The number of nitrogens with one attached hydrogen (secondary N) is 1. The zero-order valence-corrected chi connectivity index (χ0v) is 12.3. The molecule has 2 amide bonds. The largest absolute Gasteiger partial charge is 0.379 e. The van der Waals surface area contributed by atoms with Crippen LogP contribution >= 0.6 is 0 Å². The summed E-state index contributed by atoms with van der Waals surface area (Å²) in [7, 11) is 1.74. The highest BCUT2D eigenvalue weighted by molar-refractivity contribution is 5.93. The molecule has 1 heterocycles. The number of hydrogen-bond acceptors (Lipinski definition) is 4. The Morgan fingerprint density at radius 3 is 2.81 bits per heavy atom. The summed E-state index contributed by atoms with van der Waals surface area (Å²) in [5, 5.41) is 2.85. The average molecular weight is 291 g/mol. The fraction of sp³-hybridized carbons (Fsp3) is 0.467. The van der Waals surface area contributed by atoms with E-state index >= 15 is 0 Å². The van der Waals surface area contributed by atoms with Gasteiger partial charge in [0.05, 0.1) is 19.1 Å². The summed E-state index contributed by atoms with van der Waals surface area (Å²) in [6.07, 6.45) is 0. The van der Waals surface area contributed by atoms with Gasteiger partial charge in [0.25, 0.3) is 0 Å². The van der Waals surface area contributed by atoms with Crippen LogP contribution in [0.2, 0.25) is 0 Å². The van der Waals surface area contributed by atoms with Gasteiger partial charge in [-0.3, -0.25) is 9.59 Å². The molecule has 21 heavy (non-hydrogen) atoms. The maximum atomic E-state index is 12.1. The van der Waals surface area contributed by atoms with Gasteiger partial charge >= 0.3 is 0 Å². The molecule has 2 unspecified atom stereocenters. The molecule has 0 saturated carbocycles. The van der Waals surface area contributed by atoms with Crippen molar-refractivity contribution in [3.8, 4) is 0 Å². The second-order valence-electron chi connectivity index (χ2n) is 5.37. The molecule has 2 atom stereocenters. The smallest absolute Gasteiger partial charge is 0.231 e. The van der Waals surface area contributed by atoms with Gasteiger partial charge in [-0.2, -0.15) is 0 Å². The molecule has 3 N–H and O–H groups in total. The molecular formula is C15H21N3O3. The van der Waals surface area contributed by atoms with Gasteiger partial charge in [0.2, 0.25) is 11.8 Å². The Hall–Kier alpha value is -1.92. The normalized spacial score (nSPS) is 21.1. The van der Waals surface area contributed by atoms with Gasteiger partial charge in [-0.15, -0.1) is 0 Å². The van der Waals surface area contributed by atoms with Crippen LogP contribution < -0.4 is 11.1 Å². The number of benzene rings is 1. The van der Waals surface area contributed by atoms with Crippen LogP contribution in [-0.2, 0) is 20.9 Å². The summed E-state index contributed by atoms with van der Waals surface area (Å²) in [6, 6.07) is 7.19. The highest BCUT2D eigenvalue weighted by Crippen LogP contribution is 2.17. The number of amides is 2. The van der Waals surface area contributed by atoms with Crippen molar-refractivity contribution < 1.29 is 14.3 Å². The Balaban J connectivity index is 2.00. The first-order chi connectivity index (χ1) is 9.97. The molecule has 0 aliphatic carbocycles. The number of nitrogens with zero attached hydrogens (tertiary/aromatic N) is 1. The fourth-order valence-electron chi connectivity index (χ4n) is 2.21. The van der Waals surface area contributed by atoms with Crippen molar-refractivity contribution in [2.45, 2.75) is 19.5 Å². The number of ether oxygens (including phenoxy) is 1. The second-order valence-corrected chi connectivity index (χ2v) is 5.37. The molecule has 6 heteroatoms. The monoisotopic (exact) mass is 291 g/mol. The first-order valence-corrected chi connectivity index (χ1v) is 6.92. The van der Waals surface area contributed by atoms with Gasteiger partial charge in [-0.1, -0.05) is 12.1 Å². The van der Waals surface area contributed by atoms with Crippen molar-refractivity contribution in [3.63, 3.8) is 0 Å². The number of carbonyl (C=O) groups is 2. The highest BCUT2D eigenvalue weighted by Gasteiger charge is 2.31. The minimum Gasteiger partial charge on any atom is -0.379 e. The zero-order valence-electron chi connectivity index (χ0n) is 12.3. The van der Waals surface area contributed by atoms with E-state index in [1.807, 2.05) is 24.3 Å². The van der Waals surface area contributed by atoms with Crippen molar-refractivity contribution in [2.24, 2.45) is 11.7 Å². The fourth-order valence-corrected chi connectivity index (χ4v) is 2.21. The van der Waals surface area contributed by atoms with Gasteiger partial charge < -0.3 is 20.7 Å². The molecule has 1 aliphatic heterocycles. The molecule has 1 aliphatic rings. The van der Waals surface area contributed by atoms with E-state index in [2.05, 4.69) is 5.32 Å². The van der Waals surface area contributed by atoms with Gasteiger partial charge in [-0.05, 0) is 17.7 Å². The molecule has 6 nitrogen and oxygen atoms in total. The zero-order chi connectivity index (χ0) is 15.4. The van der Waals surface area contributed by atoms with Gasteiger partial charge in [0.1, 0.15) is 0 Å². The Bertz CT molecular complexity index is 533. The summed E-state index contributed by atoms with van der Waals surface area (Å²) in [5.41, 5.74) is 7.49.